The Balaban J connectivity index is 1.90. The second kappa shape index (κ2) is 4.91. The van der Waals surface area contributed by atoms with E-state index in [-0.39, 0.29) is 0 Å². The van der Waals surface area contributed by atoms with Crippen molar-refractivity contribution in [2.24, 2.45) is 5.41 Å². The van der Waals surface area contributed by atoms with Crippen LogP contribution in [0.25, 0.3) is 0 Å². The monoisotopic (exact) mass is 226 g/mol. The van der Waals surface area contributed by atoms with Crippen LogP contribution in [0.5, 0.6) is 0 Å². The van der Waals surface area contributed by atoms with Gasteiger partial charge in [0.25, 0.3) is 0 Å². The van der Waals surface area contributed by atoms with Gasteiger partial charge in [0.05, 0.1) is 0 Å². The van der Waals surface area contributed by atoms with Gasteiger partial charge in [-0.2, -0.15) is 0 Å². The molecule has 0 radical (unpaired) electrons. The third-order valence-corrected chi connectivity index (χ3v) is 3.46. The van der Waals surface area contributed by atoms with E-state index in [0.29, 0.717) is 5.41 Å². The lowest BCUT2D eigenvalue weighted by Crippen LogP contribution is -2.09. The summed E-state index contributed by atoms with van der Waals surface area (Å²) in [4.78, 5) is 0. The van der Waals surface area contributed by atoms with Crippen LogP contribution in [0.4, 0.5) is 0 Å². The second-order valence-corrected chi connectivity index (χ2v) is 5.79. The van der Waals surface area contributed by atoms with Gasteiger partial charge in [-0.15, -0.1) is 0 Å². The summed E-state index contributed by atoms with van der Waals surface area (Å²) in [7, 11) is 0. The molecule has 0 saturated heterocycles. The Morgan fingerprint density at radius 3 is 2.35 bits per heavy atom. The fourth-order valence-electron chi connectivity index (χ4n) is 2.09. The molecule has 0 aromatic heterocycles. The predicted octanol–water partition coefficient (Wildman–Crippen LogP) is 4.84. The van der Waals surface area contributed by atoms with Crippen LogP contribution >= 0.6 is 0 Å². The Morgan fingerprint density at radius 1 is 1.06 bits per heavy atom. The zero-order chi connectivity index (χ0) is 12.3. The number of rotatable bonds is 3. The Hall–Kier alpha value is -1.30. The van der Waals surface area contributed by atoms with E-state index >= 15 is 0 Å². The van der Waals surface area contributed by atoms with Crippen LogP contribution in [-0.4, -0.2) is 0 Å². The largest absolute Gasteiger partial charge is 0.0805 e. The minimum Gasteiger partial charge on any atom is -0.0805 e. The topological polar surface area (TPSA) is 0 Å². The Morgan fingerprint density at radius 2 is 1.76 bits per heavy atom. The van der Waals surface area contributed by atoms with E-state index in [4.69, 9.17) is 0 Å². The summed E-state index contributed by atoms with van der Waals surface area (Å²) in [5.41, 5.74) is 4.62. The minimum atomic E-state index is 0.355. The van der Waals surface area contributed by atoms with Crippen molar-refractivity contribution in [3.63, 3.8) is 0 Å². The average Bonchev–Trinajstić information content (AvgIpc) is 2.30. The zero-order valence-electron chi connectivity index (χ0n) is 11.2. The maximum Gasteiger partial charge on any atom is -0.0137 e. The van der Waals surface area contributed by atoms with E-state index < -0.39 is 0 Å². The number of benzene rings is 1. The minimum absolute atomic E-state index is 0.355. The van der Waals surface area contributed by atoms with Crippen LogP contribution in [0, 0.1) is 12.3 Å². The van der Waals surface area contributed by atoms with Gasteiger partial charge in [0, 0.05) is 0 Å². The molecule has 2 rings (SSSR count). The Kier molecular flexibility index (Phi) is 3.51. The second-order valence-electron chi connectivity index (χ2n) is 5.79. The van der Waals surface area contributed by atoms with Crippen molar-refractivity contribution in [2.45, 2.75) is 40.0 Å². The van der Waals surface area contributed by atoms with E-state index in [1.165, 1.54) is 23.1 Å². The summed E-state index contributed by atoms with van der Waals surface area (Å²) in [6, 6.07) is 8.88. The lowest BCUT2D eigenvalue weighted by atomic mass is 9.83. The number of hydrogen-bond acceptors (Lipinski definition) is 0. The molecule has 0 N–H and O–H groups in total. The molecule has 0 bridgehead atoms. The van der Waals surface area contributed by atoms with Crippen LogP contribution in [0.1, 0.15) is 37.8 Å². The van der Waals surface area contributed by atoms with Crippen molar-refractivity contribution in [3.8, 4) is 0 Å². The summed E-state index contributed by atoms with van der Waals surface area (Å²) >= 11 is 0. The van der Waals surface area contributed by atoms with Gasteiger partial charge in [0.2, 0.25) is 0 Å². The molecule has 0 fully saturated rings. The van der Waals surface area contributed by atoms with E-state index in [1.54, 1.807) is 0 Å². The van der Waals surface area contributed by atoms with Crippen molar-refractivity contribution in [2.75, 3.05) is 0 Å². The predicted molar refractivity (Wildman–Crippen MR) is 75.1 cm³/mol. The maximum absolute atomic E-state index is 2.40. The van der Waals surface area contributed by atoms with Gasteiger partial charge in [-0.05, 0) is 37.2 Å². The Labute approximate surface area is 105 Å². The van der Waals surface area contributed by atoms with Gasteiger partial charge < -0.3 is 0 Å². The highest BCUT2D eigenvalue weighted by molar-refractivity contribution is 5.28. The lowest BCUT2D eigenvalue weighted by molar-refractivity contribution is 0.480. The van der Waals surface area contributed by atoms with Crippen molar-refractivity contribution < 1.29 is 0 Å². The van der Waals surface area contributed by atoms with Gasteiger partial charge in [-0.25, -0.2) is 0 Å². The molecule has 0 spiro atoms. The van der Waals surface area contributed by atoms with Gasteiger partial charge >= 0.3 is 0 Å². The standard InChI is InChI=1S/C17H22/c1-14-4-6-15(7-5-14)8-9-16-10-12-17(2,3)13-11-16/h4-7,10-12H,8-9,13H2,1-3H3. The fourth-order valence-corrected chi connectivity index (χ4v) is 2.09. The summed E-state index contributed by atoms with van der Waals surface area (Å²) in [6.45, 7) is 6.71. The van der Waals surface area contributed by atoms with E-state index in [1.807, 2.05) is 0 Å². The molecule has 0 atom stereocenters. The molecule has 0 amide bonds. The molecule has 0 saturated carbocycles. The number of allylic oxidation sites excluding steroid dienone is 4. The quantitative estimate of drug-likeness (QED) is 0.691. The first-order valence-electron chi connectivity index (χ1n) is 6.49. The van der Waals surface area contributed by atoms with Crippen molar-refractivity contribution in [1.29, 1.82) is 0 Å². The molecule has 90 valence electrons. The Bertz CT molecular complexity index is 430. The van der Waals surface area contributed by atoms with Crippen molar-refractivity contribution in [3.05, 3.63) is 59.2 Å². The van der Waals surface area contributed by atoms with Gasteiger partial charge in [-0.1, -0.05) is 67.5 Å². The van der Waals surface area contributed by atoms with Crippen molar-refractivity contribution >= 4 is 0 Å². The SMILES string of the molecule is Cc1ccc(CCC2=CCC(C)(C)C=C2)cc1. The first kappa shape index (κ1) is 12.2. The van der Waals surface area contributed by atoms with Crippen LogP contribution in [0.2, 0.25) is 0 Å². The molecular weight excluding hydrogens is 204 g/mol. The van der Waals surface area contributed by atoms with Gasteiger partial charge in [-0.3, -0.25) is 0 Å². The fraction of sp³-hybridized carbons (Fsp3) is 0.412. The molecule has 0 nitrogen and oxygen atoms in total. The molecule has 0 aliphatic heterocycles. The molecule has 1 aliphatic carbocycles. The molecule has 17 heavy (non-hydrogen) atoms. The van der Waals surface area contributed by atoms with Gasteiger partial charge in [0.1, 0.15) is 0 Å². The first-order valence-corrected chi connectivity index (χ1v) is 6.49. The van der Waals surface area contributed by atoms with Crippen LogP contribution in [0.15, 0.2) is 48.1 Å². The van der Waals surface area contributed by atoms with E-state index in [9.17, 15) is 0 Å². The summed E-state index contributed by atoms with van der Waals surface area (Å²) in [5.74, 6) is 0. The summed E-state index contributed by atoms with van der Waals surface area (Å²) < 4.78 is 0. The van der Waals surface area contributed by atoms with E-state index in [2.05, 4.69) is 63.3 Å². The summed E-state index contributed by atoms with van der Waals surface area (Å²) in [6.07, 6.45) is 10.5. The smallest absolute Gasteiger partial charge is 0.0137 e. The van der Waals surface area contributed by atoms with Crippen LogP contribution < -0.4 is 0 Å². The molecular formula is C17H22. The van der Waals surface area contributed by atoms with Gasteiger partial charge in [0.15, 0.2) is 0 Å². The third kappa shape index (κ3) is 3.59. The average molecular weight is 226 g/mol. The number of hydrogen-bond donors (Lipinski definition) is 0. The molecule has 0 heterocycles. The highest BCUT2D eigenvalue weighted by atomic mass is 14.2. The number of aryl methyl sites for hydroxylation is 2. The highest BCUT2D eigenvalue weighted by Gasteiger charge is 2.15. The molecule has 1 aliphatic rings. The van der Waals surface area contributed by atoms with Crippen molar-refractivity contribution in [1.82, 2.24) is 0 Å². The zero-order valence-corrected chi connectivity index (χ0v) is 11.2. The van der Waals surface area contributed by atoms with Crippen LogP contribution in [-0.2, 0) is 6.42 Å². The molecule has 0 heteroatoms. The van der Waals surface area contributed by atoms with E-state index in [0.717, 1.165) is 12.8 Å². The van der Waals surface area contributed by atoms with Crippen LogP contribution in [0.3, 0.4) is 0 Å². The highest BCUT2D eigenvalue weighted by Crippen LogP contribution is 2.29. The summed E-state index contributed by atoms with van der Waals surface area (Å²) in [5, 5.41) is 0. The third-order valence-electron chi connectivity index (χ3n) is 3.46. The molecule has 0 unspecified atom stereocenters. The molecule has 1 aromatic carbocycles. The maximum atomic E-state index is 2.40. The lowest BCUT2D eigenvalue weighted by Gasteiger charge is -2.22. The normalized spacial score (nSPS) is 17.9. The molecule has 1 aromatic rings. The first-order chi connectivity index (χ1) is 8.05.